The number of carbonyl (C=O) groups excluding carboxylic acids is 3. The number of carbonyl (C=O) groups is 3. The van der Waals surface area contributed by atoms with E-state index in [1.807, 2.05) is 6.07 Å². The van der Waals surface area contributed by atoms with Crippen LogP contribution >= 0.6 is 0 Å². The van der Waals surface area contributed by atoms with Gasteiger partial charge in [0.2, 0.25) is 11.6 Å². The van der Waals surface area contributed by atoms with Crippen molar-refractivity contribution < 1.29 is 14.4 Å². The molecule has 0 fully saturated rings. The van der Waals surface area contributed by atoms with Crippen molar-refractivity contribution in [1.29, 1.82) is 0 Å². The molecular formula is C15H9NO3. The Labute approximate surface area is 108 Å². The minimum absolute atomic E-state index is 0.187. The van der Waals surface area contributed by atoms with Gasteiger partial charge in [0, 0.05) is 5.56 Å². The summed E-state index contributed by atoms with van der Waals surface area (Å²) in [5.74, 6) is -0.796. The molecule has 0 saturated heterocycles. The Morgan fingerprint density at radius 1 is 0.947 bits per heavy atom. The van der Waals surface area contributed by atoms with Crippen molar-refractivity contribution in [3.63, 3.8) is 0 Å². The predicted octanol–water partition coefficient (Wildman–Crippen LogP) is 2.18. The van der Waals surface area contributed by atoms with Gasteiger partial charge in [-0.15, -0.1) is 0 Å². The molecule has 4 nitrogen and oxygen atoms in total. The molecule has 0 bridgehead atoms. The van der Waals surface area contributed by atoms with Crippen LogP contribution in [-0.4, -0.2) is 22.3 Å². The maximum absolute atomic E-state index is 12.2. The van der Waals surface area contributed by atoms with Gasteiger partial charge in [0.1, 0.15) is 0 Å². The molecule has 1 aromatic heterocycles. The van der Waals surface area contributed by atoms with Gasteiger partial charge in [-0.2, -0.15) is 0 Å². The molecule has 0 spiro atoms. The highest BCUT2D eigenvalue weighted by Gasteiger charge is 2.24. The predicted molar refractivity (Wildman–Crippen MR) is 68.5 cm³/mol. The van der Waals surface area contributed by atoms with Crippen LogP contribution in [0.2, 0.25) is 0 Å². The summed E-state index contributed by atoms with van der Waals surface area (Å²) in [5, 5.41) is 0. The molecule has 1 aliphatic carbocycles. The summed E-state index contributed by atoms with van der Waals surface area (Å²) in [4.78, 5) is 38.2. The van der Waals surface area contributed by atoms with Crippen LogP contribution in [0.15, 0.2) is 48.6 Å². The summed E-state index contributed by atoms with van der Waals surface area (Å²) in [6, 6.07) is 10.1. The third-order valence-corrected chi connectivity index (χ3v) is 3.00. The lowest BCUT2D eigenvalue weighted by atomic mass is 10.0. The lowest BCUT2D eigenvalue weighted by molar-refractivity contribution is 0.0991. The van der Waals surface area contributed by atoms with Crippen molar-refractivity contribution >= 4 is 17.3 Å². The van der Waals surface area contributed by atoms with Gasteiger partial charge in [0.05, 0.1) is 17.0 Å². The fourth-order valence-corrected chi connectivity index (χ4v) is 2.04. The molecule has 4 heteroatoms. The summed E-state index contributed by atoms with van der Waals surface area (Å²) in [7, 11) is 0. The zero-order chi connectivity index (χ0) is 13.4. The summed E-state index contributed by atoms with van der Waals surface area (Å²) < 4.78 is 0. The molecule has 1 N–H and O–H groups in total. The second-order valence-corrected chi connectivity index (χ2v) is 4.23. The maximum atomic E-state index is 12.2. The van der Waals surface area contributed by atoms with Gasteiger partial charge >= 0.3 is 0 Å². The smallest absolute Gasteiger partial charge is 0.209 e. The number of H-pyrrole nitrogens is 1. The van der Waals surface area contributed by atoms with Crippen molar-refractivity contribution in [2.24, 2.45) is 0 Å². The maximum Gasteiger partial charge on any atom is 0.209 e. The molecule has 92 valence electrons. The fraction of sp³-hybridized carbons (Fsp3) is 0. The second kappa shape index (κ2) is 4.17. The Balaban J connectivity index is 2.05. The number of ketones is 3. The highest BCUT2D eigenvalue weighted by molar-refractivity contribution is 6.22. The van der Waals surface area contributed by atoms with E-state index in [1.54, 1.807) is 24.3 Å². The molecule has 0 atom stereocenters. The van der Waals surface area contributed by atoms with Crippen LogP contribution in [0.25, 0.3) is 0 Å². The van der Waals surface area contributed by atoms with Gasteiger partial charge in [-0.3, -0.25) is 14.4 Å². The topological polar surface area (TPSA) is 67.0 Å². The van der Waals surface area contributed by atoms with E-state index in [4.69, 9.17) is 0 Å². The minimum atomic E-state index is -0.290. The first-order valence-corrected chi connectivity index (χ1v) is 5.76. The highest BCUT2D eigenvalue weighted by Crippen LogP contribution is 2.19. The number of allylic oxidation sites excluding steroid dienone is 2. The molecule has 0 unspecified atom stereocenters. The fourth-order valence-electron chi connectivity index (χ4n) is 2.04. The number of hydrogen-bond donors (Lipinski definition) is 1. The Bertz CT molecular complexity index is 688. The van der Waals surface area contributed by atoms with E-state index in [9.17, 15) is 14.4 Å². The van der Waals surface area contributed by atoms with Gasteiger partial charge in [0.25, 0.3) is 0 Å². The summed E-state index contributed by atoms with van der Waals surface area (Å²) in [6.07, 6.45) is 2.42. The number of nitrogens with one attached hydrogen (secondary N) is 1. The van der Waals surface area contributed by atoms with Crippen molar-refractivity contribution in [3.05, 3.63) is 71.1 Å². The molecule has 1 aromatic carbocycles. The quantitative estimate of drug-likeness (QED) is 0.832. The van der Waals surface area contributed by atoms with Crippen LogP contribution in [0.5, 0.6) is 0 Å². The van der Waals surface area contributed by atoms with E-state index < -0.39 is 0 Å². The minimum Gasteiger partial charge on any atom is -0.349 e. The molecule has 0 aliphatic heterocycles. The molecule has 0 amide bonds. The van der Waals surface area contributed by atoms with Gasteiger partial charge in [-0.25, -0.2) is 0 Å². The van der Waals surface area contributed by atoms with Gasteiger partial charge in [-0.1, -0.05) is 30.3 Å². The van der Waals surface area contributed by atoms with E-state index >= 15 is 0 Å². The molecule has 3 rings (SSSR count). The van der Waals surface area contributed by atoms with Gasteiger partial charge in [0.15, 0.2) is 5.78 Å². The molecule has 0 radical (unpaired) electrons. The Hall–Kier alpha value is -2.75. The van der Waals surface area contributed by atoms with Gasteiger partial charge < -0.3 is 4.98 Å². The average Bonchev–Trinajstić information content (AvgIpc) is 2.89. The largest absolute Gasteiger partial charge is 0.349 e. The number of fused-ring (bicyclic) bond motifs is 1. The monoisotopic (exact) mass is 251 g/mol. The number of rotatable bonds is 2. The number of aromatic amines is 1. The summed E-state index contributed by atoms with van der Waals surface area (Å²) in [5.41, 5.74) is 1.20. The SMILES string of the molecule is O=C(c1ccccc1)c1cc2c([nH]1)C(=O)C=CC2=O. The number of benzene rings is 1. The highest BCUT2D eigenvalue weighted by atomic mass is 16.1. The van der Waals surface area contributed by atoms with Crippen molar-refractivity contribution in [2.75, 3.05) is 0 Å². The van der Waals surface area contributed by atoms with E-state index in [2.05, 4.69) is 4.98 Å². The van der Waals surface area contributed by atoms with Crippen molar-refractivity contribution in [3.8, 4) is 0 Å². The summed E-state index contributed by atoms with van der Waals surface area (Å²) in [6.45, 7) is 0. The average molecular weight is 251 g/mol. The normalized spacial score (nSPS) is 13.5. The molecule has 1 aliphatic rings. The number of hydrogen-bond acceptors (Lipinski definition) is 3. The lowest BCUT2D eigenvalue weighted by Gasteiger charge is -2.00. The van der Waals surface area contributed by atoms with Crippen LogP contribution in [0.3, 0.4) is 0 Å². The first kappa shape index (κ1) is 11.3. The molecule has 1 heterocycles. The second-order valence-electron chi connectivity index (χ2n) is 4.23. The molecule has 19 heavy (non-hydrogen) atoms. The Morgan fingerprint density at radius 3 is 2.32 bits per heavy atom. The van der Waals surface area contributed by atoms with E-state index in [1.165, 1.54) is 18.2 Å². The van der Waals surface area contributed by atoms with E-state index in [-0.39, 0.29) is 34.3 Å². The zero-order valence-corrected chi connectivity index (χ0v) is 9.84. The Morgan fingerprint density at radius 2 is 1.63 bits per heavy atom. The third kappa shape index (κ3) is 1.83. The van der Waals surface area contributed by atoms with E-state index in [0.29, 0.717) is 5.56 Å². The first-order valence-electron chi connectivity index (χ1n) is 5.76. The third-order valence-electron chi connectivity index (χ3n) is 3.00. The Kier molecular flexibility index (Phi) is 2.49. The zero-order valence-electron chi connectivity index (χ0n) is 9.84. The lowest BCUT2D eigenvalue weighted by Crippen LogP contribution is -2.09. The van der Waals surface area contributed by atoms with E-state index in [0.717, 1.165) is 0 Å². The van der Waals surface area contributed by atoms with Crippen LogP contribution in [-0.2, 0) is 0 Å². The van der Waals surface area contributed by atoms with Crippen LogP contribution in [0.4, 0.5) is 0 Å². The summed E-state index contributed by atoms with van der Waals surface area (Å²) >= 11 is 0. The van der Waals surface area contributed by atoms with Gasteiger partial charge in [-0.05, 0) is 18.2 Å². The van der Waals surface area contributed by atoms with Crippen LogP contribution in [0, 0.1) is 0 Å². The standard InChI is InChI=1S/C15H9NO3/c17-12-6-7-13(18)14-10(12)8-11(16-14)15(19)9-4-2-1-3-5-9/h1-8,16H. The van der Waals surface area contributed by atoms with Crippen LogP contribution < -0.4 is 0 Å². The van der Waals surface area contributed by atoms with Crippen molar-refractivity contribution in [1.82, 2.24) is 4.98 Å². The number of aromatic nitrogens is 1. The van der Waals surface area contributed by atoms with Crippen molar-refractivity contribution in [2.45, 2.75) is 0 Å². The molecule has 0 saturated carbocycles. The van der Waals surface area contributed by atoms with Crippen LogP contribution in [0.1, 0.15) is 36.9 Å². The molecular weight excluding hydrogens is 242 g/mol. The first-order chi connectivity index (χ1) is 9.16. The molecule has 2 aromatic rings.